The summed E-state index contributed by atoms with van der Waals surface area (Å²) in [5, 5.41) is 3.35. The highest BCUT2D eigenvalue weighted by atomic mass is 31.2. The van der Waals surface area contributed by atoms with Crippen LogP contribution in [0.3, 0.4) is 0 Å². The van der Waals surface area contributed by atoms with E-state index in [4.69, 9.17) is 9.05 Å². The van der Waals surface area contributed by atoms with Crippen LogP contribution < -0.4 is 15.9 Å². The van der Waals surface area contributed by atoms with Gasteiger partial charge in [0.25, 0.3) is 0 Å². The number of hydrogen-bond acceptors (Lipinski definition) is 3. The van der Waals surface area contributed by atoms with E-state index in [-0.39, 0.29) is 0 Å². The Hall–Kier alpha value is -1.89. The summed E-state index contributed by atoms with van der Waals surface area (Å²) in [7, 11) is -3.41. The van der Waals surface area contributed by atoms with Crippen molar-refractivity contribution in [2.75, 3.05) is 13.2 Å². The van der Waals surface area contributed by atoms with Crippen LogP contribution in [0.25, 0.3) is 0 Å². The van der Waals surface area contributed by atoms with Crippen LogP contribution in [0, 0.1) is 0 Å². The van der Waals surface area contributed by atoms with E-state index >= 15 is 0 Å². The van der Waals surface area contributed by atoms with Crippen LogP contribution in [-0.2, 0) is 13.6 Å². The molecule has 0 aromatic heterocycles. The molecule has 3 aromatic carbocycles. The van der Waals surface area contributed by atoms with E-state index in [1.54, 1.807) is 0 Å². The SMILES string of the molecule is CCOP(=O)(C=P(c1ccccc1)(c1ccccc1)c1ccccc1)OCC. The molecule has 0 unspecified atom stereocenters. The Morgan fingerprint density at radius 2 is 0.964 bits per heavy atom. The van der Waals surface area contributed by atoms with Gasteiger partial charge in [-0.15, -0.1) is 0 Å². The van der Waals surface area contributed by atoms with Crippen LogP contribution in [-0.4, -0.2) is 18.8 Å². The number of hydrogen-bond donors (Lipinski definition) is 0. The molecule has 0 amide bonds. The molecule has 3 nitrogen and oxygen atoms in total. The Balaban J connectivity index is 2.44. The first-order chi connectivity index (χ1) is 13.6. The van der Waals surface area contributed by atoms with Gasteiger partial charge in [-0.3, -0.25) is 4.57 Å². The van der Waals surface area contributed by atoms with Crippen LogP contribution in [0.2, 0.25) is 0 Å². The van der Waals surface area contributed by atoms with Crippen molar-refractivity contribution in [3.63, 3.8) is 0 Å². The van der Waals surface area contributed by atoms with Crippen molar-refractivity contribution in [2.45, 2.75) is 13.8 Å². The standard InChI is InChI=1S/C23H26O3P2/c1-3-25-28(24,26-4-2)20-27(21-14-8-5-9-15-21,22-16-10-6-11-17-22)23-18-12-7-13-19-23/h5-20H,3-4H2,1-2H3. The highest BCUT2D eigenvalue weighted by Gasteiger charge is 2.32. The lowest BCUT2D eigenvalue weighted by Gasteiger charge is -2.30. The maximum atomic E-state index is 13.7. The van der Waals surface area contributed by atoms with Crippen LogP contribution in [0.1, 0.15) is 13.8 Å². The van der Waals surface area contributed by atoms with Gasteiger partial charge in [0, 0.05) is 5.54 Å². The first-order valence-corrected chi connectivity index (χ1v) is 12.9. The Bertz CT molecular complexity index is 857. The van der Waals surface area contributed by atoms with Crippen LogP contribution in [0.4, 0.5) is 0 Å². The Kier molecular flexibility index (Phi) is 7.10. The summed E-state index contributed by atoms with van der Waals surface area (Å²) in [6.07, 6.45) is 0. The molecule has 0 heterocycles. The molecule has 0 saturated heterocycles. The van der Waals surface area contributed by atoms with Gasteiger partial charge in [0.05, 0.1) is 13.2 Å². The second kappa shape index (κ2) is 9.54. The molecule has 146 valence electrons. The van der Waals surface area contributed by atoms with Crippen molar-refractivity contribution in [3.05, 3.63) is 91.0 Å². The quantitative estimate of drug-likeness (QED) is 0.488. The van der Waals surface area contributed by atoms with Gasteiger partial charge in [0.2, 0.25) is 0 Å². The molecule has 3 aromatic rings. The van der Waals surface area contributed by atoms with Gasteiger partial charge in [0.1, 0.15) is 0 Å². The first kappa shape index (κ1) is 20.8. The van der Waals surface area contributed by atoms with E-state index < -0.39 is 14.5 Å². The first-order valence-electron chi connectivity index (χ1n) is 9.46. The second-order valence-corrected chi connectivity index (χ2v) is 11.7. The smallest absolute Gasteiger partial charge is 0.306 e. The van der Waals surface area contributed by atoms with E-state index in [2.05, 4.69) is 36.4 Å². The molecule has 28 heavy (non-hydrogen) atoms. The van der Waals surface area contributed by atoms with E-state index in [0.717, 1.165) is 15.9 Å². The highest BCUT2D eigenvalue weighted by Crippen LogP contribution is 2.56. The zero-order chi connectivity index (χ0) is 19.9. The van der Waals surface area contributed by atoms with E-state index in [0.29, 0.717) is 13.2 Å². The molecule has 3 rings (SSSR count). The average molecular weight is 412 g/mol. The minimum Gasteiger partial charge on any atom is -0.306 e. The summed E-state index contributed by atoms with van der Waals surface area (Å²) in [6.45, 7) is 1.96. The minimum absolute atomic E-state index is 0.326. The fourth-order valence-electron chi connectivity index (χ4n) is 3.31. The monoisotopic (exact) mass is 412 g/mol. The minimum atomic E-state index is -3.41. The zero-order valence-corrected chi connectivity index (χ0v) is 18.1. The Morgan fingerprint density at radius 3 is 1.25 bits per heavy atom. The molecule has 0 fully saturated rings. The highest BCUT2D eigenvalue weighted by molar-refractivity contribution is 8.03. The zero-order valence-electron chi connectivity index (χ0n) is 16.3. The maximum Gasteiger partial charge on any atom is 0.355 e. The van der Waals surface area contributed by atoms with Crippen LogP contribution >= 0.6 is 14.5 Å². The summed E-state index contributed by atoms with van der Waals surface area (Å²) < 4.78 is 25.1. The molecular formula is C23H26O3P2. The van der Waals surface area contributed by atoms with Gasteiger partial charge in [-0.05, 0) is 36.6 Å². The largest absolute Gasteiger partial charge is 0.355 e. The Labute approximate surface area is 167 Å². The van der Waals surface area contributed by atoms with Gasteiger partial charge < -0.3 is 9.05 Å². The molecule has 0 saturated carbocycles. The fraction of sp³-hybridized carbons (Fsp3) is 0.174. The number of benzene rings is 3. The molecule has 5 heteroatoms. The van der Waals surface area contributed by atoms with E-state index in [1.165, 1.54) is 0 Å². The van der Waals surface area contributed by atoms with Crippen molar-refractivity contribution in [2.24, 2.45) is 0 Å². The van der Waals surface area contributed by atoms with Crippen molar-refractivity contribution in [1.29, 1.82) is 0 Å². The molecular weight excluding hydrogens is 386 g/mol. The summed E-state index contributed by atoms with van der Waals surface area (Å²) in [5.41, 5.74) is 1.88. The molecule has 0 aliphatic heterocycles. The molecule has 0 N–H and O–H groups in total. The average Bonchev–Trinajstić information content (AvgIpc) is 2.74. The summed E-state index contributed by atoms with van der Waals surface area (Å²) in [4.78, 5) is 0. The number of rotatable bonds is 8. The summed E-state index contributed by atoms with van der Waals surface area (Å²) >= 11 is 0. The molecule has 0 radical (unpaired) electrons. The molecule has 0 atom stereocenters. The molecule has 0 aliphatic rings. The molecule has 0 aliphatic carbocycles. The van der Waals surface area contributed by atoms with Gasteiger partial charge in [0.15, 0.2) is 0 Å². The lowest BCUT2D eigenvalue weighted by atomic mass is 10.4. The van der Waals surface area contributed by atoms with E-state index in [9.17, 15) is 4.57 Å². The predicted octanol–water partition coefficient (Wildman–Crippen LogP) is 5.01. The normalized spacial score (nSPS) is 11.9. The van der Waals surface area contributed by atoms with Gasteiger partial charge in [-0.2, -0.15) is 0 Å². The third kappa shape index (κ3) is 4.40. The predicted molar refractivity (Wildman–Crippen MR) is 122 cm³/mol. The molecule has 0 bridgehead atoms. The fourth-order valence-corrected chi connectivity index (χ4v) is 10.8. The third-order valence-electron chi connectivity index (χ3n) is 4.42. The lowest BCUT2D eigenvalue weighted by Crippen LogP contribution is -2.27. The van der Waals surface area contributed by atoms with Gasteiger partial charge >= 0.3 is 7.60 Å². The summed E-state index contributed by atoms with van der Waals surface area (Å²) in [6, 6.07) is 30.8. The summed E-state index contributed by atoms with van der Waals surface area (Å²) in [5.74, 6) is 0. The topological polar surface area (TPSA) is 35.5 Å². The van der Waals surface area contributed by atoms with Crippen LogP contribution in [0.5, 0.6) is 0 Å². The van der Waals surface area contributed by atoms with Crippen molar-refractivity contribution in [3.8, 4) is 0 Å². The lowest BCUT2D eigenvalue weighted by molar-refractivity contribution is 0.234. The van der Waals surface area contributed by atoms with E-state index in [1.807, 2.05) is 74.0 Å². The maximum absolute atomic E-state index is 13.7. The van der Waals surface area contributed by atoms with Crippen molar-refractivity contribution < 1.29 is 13.6 Å². The van der Waals surface area contributed by atoms with Crippen molar-refractivity contribution in [1.82, 2.24) is 0 Å². The van der Waals surface area contributed by atoms with Gasteiger partial charge in [-0.1, -0.05) is 91.0 Å². The van der Waals surface area contributed by atoms with Gasteiger partial charge in [-0.25, -0.2) is 0 Å². The van der Waals surface area contributed by atoms with Crippen molar-refractivity contribution >= 4 is 35.9 Å². The van der Waals surface area contributed by atoms with Crippen LogP contribution in [0.15, 0.2) is 91.0 Å². The Morgan fingerprint density at radius 1 is 0.643 bits per heavy atom. The second-order valence-electron chi connectivity index (χ2n) is 6.22. The molecule has 0 spiro atoms. The third-order valence-corrected chi connectivity index (χ3v) is 11.5.